The summed E-state index contributed by atoms with van der Waals surface area (Å²) in [5.41, 5.74) is 6.30. The van der Waals surface area contributed by atoms with E-state index in [0.717, 1.165) is 18.2 Å². The molecule has 0 spiro atoms. The first-order chi connectivity index (χ1) is 10.1. The van der Waals surface area contributed by atoms with Gasteiger partial charge in [-0.05, 0) is 37.3 Å². The Labute approximate surface area is 122 Å². The lowest BCUT2D eigenvalue weighted by molar-refractivity contribution is 0.0929. The highest BCUT2D eigenvalue weighted by Gasteiger charge is 2.32. The molecule has 5 nitrogen and oxygen atoms in total. The predicted molar refractivity (Wildman–Crippen MR) is 80.3 cm³/mol. The molecule has 0 saturated heterocycles. The van der Waals surface area contributed by atoms with Crippen LogP contribution in [0.1, 0.15) is 28.8 Å². The van der Waals surface area contributed by atoms with Crippen molar-refractivity contribution in [3.05, 3.63) is 45.8 Å². The maximum Gasteiger partial charge on any atom is 0.349 e. The molecule has 3 rings (SSSR count). The normalized spacial score (nSPS) is 15.9. The lowest BCUT2D eigenvalue weighted by Gasteiger charge is -2.16. The quantitative estimate of drug-likeness (QED) is 0.835. The van der Waals surface area contributed by atoms with Gasteiger partial charge in [0, 0.05) is 18.0 Å². The Morgan fingerprint density at radius 2 is 2.14 bits per heavy atom. The Hall–Kier alpha value is -2.14. The minimum absolute atomic E-state index is 0.0669. The third kappa shape index (κ3) is 2.56. The fourth-order valence-electron chi connectivity index (χ4n) is 2.68. The number of nitrogens with one attached hydrogen (secondary N) is 1. The zero-order valence-corrected chi connectivity index (χ0v) is 11.9. The molecule has 110 valence electrons. The van der Waals surface area contributed by atoms with Crippen LogP contribution in [0.3, 0.4) is 0 Å². The molecule has 21 heavy (non-hydrogen) atoms. The number of carbonyl (C=O) groups excluding carboxylic acids is 1. The molecule has 1 fully saturated rings. The van der Waals surface area contributed by atoms with Gasteiger partial charge < -0.3 is 15.5 Å². The van der Waals surface area contributed by atoms with Crippen LogP contribution < -0.4 is 16.7 Å². The second-order valence-corrected chi connectivity index (χ2v) is 5.54. The van der Waals surface area contributed by atoms with E-state index in [1.165, 1.54) is 0 Å². The summed E-state index contributed by atoms with van der Waals surface area (Å²) < 4.78 is 5.24. The zero-order valence-electron chi connectivity index (χ0n) is 11.9. The standard InChI is InChI=1S/C16H18N2O3/c1-9-11-4-2-3-5-13(11)21-16(20)14(9)15(19)18-12(8-17)10-6-7-10/h2-5,10,12H,6-8,17H2,1H3,(H,18,19). The number of nitrogens with two attached hydrogens (primary N) is 1. The molecule has 1 aromatic carbocycles. The molecule has 0 radical (unpaired) electrons. The molecular formula is C16H18N2O3. The van der Waals surface area contributed by atoms with Crippen LogP contribution in [-0.4, -0.2) is 18.5 Å². The first-order valence-electron chi connectivity index (χ1n) is 7.15. The van der Waals surface area contributed by atoms with Crippen molar-refractivity contribution in [2.24, 2.45) is 11.7 Å². The van der Waals surface area contributed by atoms with E-state index in [2.05, 4.69) is 5.32 Å². The minimum Gasteiger partial charge on any atom is -0.422 e. The molecule has 3 N–H and O–H groups in total. The third-order valence-corrected chi connectivity index (χ3v) is 4.06. The first-order valence-corrected chi connectivity index (χ1v) is 7.15. The van der Waals surface area contributed by atoms with Gasteiger partial charge in [-0.25, -0.2) is 4.79 Å². The summed E-state index contributed by atoms with van der Waals surface area (Å²) in [5.74, 6) is 0.0427. The summed E-state index contributed by atoms with van der Waals surface area (Å²) >= 11 is 0. The Morgan fingerprint density at radius 3 is 2.81 bits per heavy atom. The van der Waals surface area contributed by atoms with Crippen molar-refractivity contribution in [1.82, 2.24) is 5.32 Å². The monoisotopic (exact) mass is 286 g/mol. The molecule has 5 heteroatoms. The molecule has 1 aliphatic carbocycles. The van der Waals surface area contributed by atoms with Gasteiger partial charge in [-0.3, -0.25) is 4.79 Å². The number of para-hydroxylation sites is 1. The maximum absolute atomic E-state index is 12.4. The van der Waals surface area contributed by atoms with Crippen molar-refractivity contribution >= 4 is 16.9 Å². The molecule has 1 unspecified atom stereocenters. The van der Waals surface area contributed by atoms with Gasteiger partial charge in [0.05, 0.1) is 0 Å². The lowest BCUT2D eigenvalue weighted by Crippen LogP contribution is -2.43. The fourth-order valence-corrected chi connectivity index (χ4v) is 2.68. The van der Waals surface area contributed by atoms with Crippen LogP contribution in [0.15, 0.2) is 33.5 Å². The van der Waals surface area contributed by atoms with E-state index in [1.807, 2.05) is 12.1 Å². The highest BCUT2D eigenvalue weighted by molar-refractivity contribution is 5.99. The van der Waals surface area contributed by atoms with E-state index in [9.17, 15) is 9.59 Å². The average molecular weight is 286 g/mol. The van der Waals surface area contributed by atoms with Crippen LogP contribution in [0.25, 0.3) is 11.0 Å². The van der Waals surface area contributed by atoms with E-state index in [-0.39, 0.29) is 11.6 Å². The van der Waals surface area contributed by atoms with Crippen LogP contribution in [0.4, 0.5) is 0 Å². The average Bonchev–Trinajstić information content (AvgIpc) is 3.29. The number of hydrogen-bond donors (Lipinski definition) is 2. The van der Waals surface area contributed by atoms with Gasteiger partial charge in [-0.15, -0.1) is 0 Å². The molecule has 0 aliphatic heterocycles. The van der Waals surface area contributed by atoms with Crippen LogP contribution >= 0.6 is 0 Å². The molecule has 1 atom stereocenters. The number of carbonyl (C=O) groups is 1. The van der Waals surface area contributed by atoms with Gasteiger partial charge in [0.1, 0.15) is 11.1 Å². The van der Waals surface area contributed by atoms with Crippen molar-refractivity contribution in [3.63, 3.8) is 0 Å². The number of rotatable bonds is 4. The summed E-state index contributed by atoms with van der Waals surface area (Å²) in [6, 6.07) is 7.14. The molecule has 1 aliphatic rings. The van der Waals surface area contributed by atoms with Crippen molar-refractivity contribution in [1.29, 1.82) is 0 Å². The Bertz CT molecular complexity index is 747. The van der Waals surface area contributed by atoms with Crippen molar-refractivity contribution in [2.75, 3.05) is 6.54 Å². The van der Waals surface area contributed by atoms with E-state index in [0.29, 0.717) is 23.6 Å². The van der Waals surface area contributed by atoms with E-state index in [4.69, 9.17) is 10.2 Å². The summed E-state index contributed by atoms with van der Waals surface area (Å²) in [4.78, 5) is 24.5. The number of benzene rings is 1. The largest absolute Gasteiger partial charge is 0.422 e. The predicted octanol–water partition coefficient (Wildman–Crippen LogP) is 1.57. The van der Waals surface area contributed by atoms with E-state index >= 15 is 0 Å². The van der Waals surface area contributed by atoms with Crippen LogP contribution in [0.5, 0.6) is 0 Å². The van der Waals surface area contributed by atoms with E-state index < -0.39 is 11.5 Å². The molecule has 1 amide bonds. The van der Waals surface area contributed by atoms with Gasteiger partial charge in [-0.1, -0.05) is 18.2 Å². The summed E-state index contributed by atoms with van der Waals surface area (Å²) in [7, 11) is 0. The first kappa shape index (κ1) is 13.8. The molecule has 0 bridgehead atoms. The fraction of sp³-hybridized carbons (Fsp3) is 0.375. The molecule has 1 saturated carbocycles. The lowest BCUT2D eigenvalue weighted by atomic mass is 10.0. The second kappa shape index (κ2) is 5.33. The second-order valence-electron chi connectivity index (χ2n) is 5.54. The highest BCUT2D eigenvalue weighted by atomic mass is 16.4. The molecular weight excluding hydrogens is 268 g/mol. The maximum atomic E-state index is 12.4. The Morgan fingerprint density at radius 1 is 1.43 bits per heavy atom. The highest BCUT2D eigenvalue weighted by Crippen LogP contribution is 2.32. The SMILES string of the molecule is Cc1c(C(=O)NC(CN)C2CC2)c(=O)oc2ccccc12. The van der Waals surface area contributed by atoms with Crippen LogP contribution in [0.2, 0.25) is 0 Å². The summed E-state index contributed by atoms with van der Waals surface area (Å²) in [6.45, 7) is 2.15. The zero-order chi connectivity index (χ0) is 15.0. The summed E-state index contributed by atoms with van der Waals surface area (Å²) in [6.07, 6.45) is 2.15. The molecule has 1 heterocycles. The van der Waals surface area contributed by atoms with Gasteiger partial charge in [-0.2, -0.15) is 0 Å². The van der Waals surface area contributed by atoms with Gasteiger partial charge >= 0.3 is 5.63 Å². The summed E-state index contributed by atoms with van der Waals surface area (Å²) in [5, 5.41) is 3.64. The van der Waals surface area contributed by atoms with Crippen molar-refractivity contribution in [3.8, 4) is 0 Å². The number of aryl methyl sites for hydroxylation is 1. The van der Waals surface area contributed by atoms with E-state index in [1.54, 1.807) is 19.1 Å². The van der Waals surface area contributed by atoms with Gasteiger partial charge in [0.15, 0.2) is 0 Å². The van der Waals surface area contributed by atoms with Crippen LogP contribution in [-0.2, 0) is 0 Å². The molecule has 2 aromatic rings. The smallest absolute Gasteiger partial charge is 0.349 e. The topological polar surface area (TPSA) is 85.3 Å². The van der Waals surface area contributed by atoms with Gasteiger partial charge in [0.25, 0.3) is 5.91 Å². The van der Waals surface area contributed by atoms with Crippen molar-refractivity contribution < 1.29 is 9.21 Å². The number of fused-ring (bicyclic) bond motifs is 1. The Balaban J connectivity index is 1.99. The molecule has 1 aromatic heterocycles. The minimum atomic E-state index is -0.602. The third-order valence-electron chi connectivity index (χ3n) is 4.06. The Kier molecular flexibility index (Phi) is 3.51. The number of hydrogen-bond acceptors (Lipinski definition) is 4. The number of amides is 1. The van der Waals surface area contributed by atoms with Crippen LogP contribution in [0, 0.1) is 12.8 Å². The van der Waals surface area contributed by atoms with Crippen molar-refractivity contribution in [2.45, 2.75) is 25.8 Å². The van der Waals surface area contributed by atoms with Gasteiger partial charge in [0.2, 0.25) is 0 Å².